The summed E-state index contributed by atoms with van der Waals surface area (Å²) in [5.74, 6) is 1.57. The van der Waals surface area contributed by atoms with Gasteiger partial charge < -0.3 is 10.7 Å². The fourth-order valence-corrected chi connectivity index (χ4v) is 1.13. The monoisotopic (exact) mass is 167 g/mol. The molecule has 0 bridgehead atoms. The maximum atomic E-state index is 5.52. The van der Waals surface area contributed by atoms with E-state index in [1.165, 1.54) is 0 Å². The molecule has 0 aliphatic heterocycles. The molecule has 0 aliphatic carbocycles. The van der Waals surface area contributed by atoms with Crippen LogP contribution in [0.3, 0.4) is 0 Å². The van der Waals surface area contributed by atoms with Crippen molar-refractivity contribution in [1.29, 1.82) is 0 Å². The first-order valence-corrected chi connectivity index (χ1v) is 4.35. The largest absolute Gasteiger partial charge is 0.346 e. The number of hydrogen-bond acceptors (Lipinski definition) is 2. The zero-order valence-electron chi connectivity index (χ0n) is 8.02. The Kier molecular flexibility index (Phi) is 2.87. The van der Waals surface area contributed by atoms with Gasteiger partial charge in [-0.1, -0.05) is 6.92 Å². The summed E-state index contributed by atoms with van der Waals surface area (Å²) in [5.41, 5.74) is 7.78. The number of H-pyrrole nitrogens is 1. The van der Waals surface area contributed by atoms with Crippen molar-refractivity contribution in [3.63, 3.8) is 0 Å². The van der Waals surface area contributed by atoms with Crippen LogP contribution in [0.15, 0.2) is 0 Å². The summed E-state index contributed by atoms with van der Waals surface area (Å²) in [4.78, 5) is 7.63. The van der Waals surface area contributed by atoms with Crippen LogP contribution >= 0.6 is 0 Å². The van der Waals surface area contributed by atoms with Crippen molar-refractivity contribution in [1.82, 2.24) is 9.97 Å². The number of nitrogens with one attached hydrogen (secondary N) is 1. The van der Waals surface area contributed by atoms with E-state index in [-0.39, 0.29) is 0 Å². The number of rotatable bonds is 3. The summed E-state index contributed by atoms with van der Waals surface area (Å²) in [5, 5.41) is 0. The Morgan fingerprint density at radius 1 is 1.50 bits per heavy atom. The Labute approximate surface area is 73.4 Å². The highest BCUT2D eigenvalue weighted by atomic mass is 14.9. The van der Waals surface area contributed by atoms with Gasteiger partial charge in [0.1, 0.15) is 5.82 Å². The molecular formula is C9H17N3. The molecule has 1 rings (SSSR count). The Hall–Kier alpha value is -0.830. The zero-order valence-corrected chi connectivity index (χ0v) is 8.02. The maximum absolute atomic E-state index is 5.52. The molecule has 1 aromatic rings. The molecule has 1 atom stereocenters. The lowest BCUT2D eigenvalue weighted by Gasteiger charge is -2.03. The van der Waals surface area contributed by atoms with E-state index in [0.29, 0.717) is 5.92 Å². The van der Waals surface area contributed by atoms with E-state index in [4.69, 9.17) is 5.73 Å². The first kappa shape index (κ1) is 9.26. The van der Waals surface area contributed by atoms with E-state index >= 15 is 0 Å². The smallest absolute Gasteiger partial charge is 0.106 e. The molecule has 1 heterocycles. The van der Waals surface area contributed by atoms with Crippen LogP contribution in [0.5, 0.6) is 0 Å². The first-order chi connectivity index (χ1) is 5.63. The van der Waals surface area contributed by atoms with Crippen LogP contribution in [-0.4, -0.2) is 16.5 Å². The molecule has 1 aromatic heterocycles. The van der Waals surface area contributed by atoms with Gasteiger partial charge in [0.25, 0.3) is 0 Å². The summed E-state index contributed by atoms with van der Waals surface area (Å²) in [7, 11) is 0. The van der Waals surface area contributed by atoms with Crippen LogP contribution in [0.1, 0.15) is 24.1 Å². The van der Waals surface area contributed by atoms with Gasteiger partial charge in [0.2, 0.25) is 0 Å². The highest BCUT2D eigenvalue weighted by Gasteiger charge is 2.05. The van der Waals surface area contributed by atoms with Gasteiger partial charge in [0.15, 0.2) is 0 Å². The third-order valence-electron chi connectivity index (χ3n) is 2.12. The molecule has 0 aromatic carbocycles. The molecule has 0 aliphatic rings. The van der Waals surface area contributed by atoms with Crippen LogP contribution in [0.2, 0.25) is 0 Å². The van der Waals surface area contributed by atoms with Crippen molar-refractivity contribution in [3.8, 4) is 0 Å². The van der Waals surface area contributed by atoms with Gasteiger partial charge in [-0.3, -0.25) is 0 Å². The van der Waals surface area contributed by atoms with Gasteiger partial charge in [0, 0.05) is 12.1 Å². The van der Waals surface area contributed by atoms with Gasteiger partial charge in [-0.2, -0.15) is 0 Å². The average Bonchev–Trinajstić information content (AvgIpc) is 2.31. The molecule has 1 unspecified atom stereocenters. The summed E-state index contributed by atoms with van der Waals surface area (Å²) in [6, 6.07) is 0. The van der Waals surface area contributed by atoms with Gasteiger partial charge >= 0.3 is 0 Å². The van der Waals surface area contributed by atoms with E-state index < -0.39 is 0 Å². The van der Waals surface area contributed by atoms with Crippen LogP contribution in [0.25, 0.3) is 0 Å². The van der Waals surface area contributed by atoms with Crippen molar-refractivity contribution in [2.24, 2.45) is 11.7 Å². The van der Waals surface area contributed by atoms with Gasteiger partial charge in [-0.25, -0.2) is 4.98 Å². The van der Waals surface area contributed by atoms with E-state index in [1.54, 1.807) is 0 Å². The minimum atomic E-state index is 0.509. The van der Waals surface area contributed by atoms with Crippen LogP contribution in [0, 0.1) is 19.8 Å². The molecule has 0 amide bonds. The van der Waals surface area contributed by atoms with E-state index in [2.05, 4.69) is 16.9 Å². The average molecular weight is 167 g/mol. The molecule has 0 saturated heterocycles. The second-order valence-electron chi connectivity index (χ2n) is 3.44. The molecule has 0 radical (unpaired) electrons. The number of hydrogen-bond donors (Lipinski definition) is 2. The van der Waals surface area contributed by atoms with Crippen molar-refractivity contribution < 1.29 is 0 Å². The van der Waals surface area contributed by atoms with Crippen LogP contribution in [-0.2, 0) is 6.42 Å². The SMILES string of the molecule is Cc1nc(CC(C)CN)[nH]c1C. The zero-order chi connectivity index (χ0) is 9.14. The van der Waals surface area contributed by atoms with Crippen LogP contribution < -0.4 is 5.73 Å². The standard InChI is InChI=1S/C9H17N3/c1-6(5-10)4-9-11-7(2)8(3)12-9/h6H,4-5,10H2,1-3H3,(H,11,12). The number of imidazole rings is 1. The summed E-state index contributed by atoms with van der Waals surface area (Å²) >= 11 is 0. The van der Waals surface area contributed by atoms with Crippen molar-refractivity contribution in [2.75, 3.05) is 6.54 Å². The molecule has 3 nitrogen and oxygen atoms in total. The summed E-state index contributed by atoms with van der Waals surface area (Å²) in [6.07, 6.45) is 0.950. The minimum absolute atomic E-state index is 0.509. The third-order valence-corrected chi connectivity index (χ3v) is 2.12. The van der Waals surface area contributed by atoms with E-state index in [0.717, 1.165) is 30.2 Å². The Bertz CT molecular complexity index is 233. The maximum Gasteiger partial charge on any atom is 0.106 e. The lowest BCUT2D eigenvalue weighted by atomic mass is 10.1. The summed E-state index contributed by atoms with van der Waals surface area (Å²) < 4.78 is 0. The predicted molar refractivity (Wildman–Crippen MR) is 50.0 cm³/mol. The molecule has 0 fully saturated rings. The molecule has 12 heavy (non-hydrogen) atoms. The first-order valence-electron chi connectivity index (χ1n) is 4.35. The van der Waals surface area contributed by atoms with Crippen molar-refractivity contribution in [3.05, 3.63) is 17.2 Å². The fraction of sp³-hybridized carbons (Fsp3) is 0.667. The van der Waals surface area contributed by atoms with Crippen LogP contribution in [0.4, 0.5) is 0 Å². The number of nitrogens with zero attached hydrogens (tertiary/aromatic N) is 1. The Morgan fingerprint density at radius 3 is 2.58 bits per heavy atom. The van der Waals surface area contributed by atoms with Gasteiger partial charge in [-0.05, 0) is 26.3 Å². The minimum Gasteiger partial charge on any atom is -0.346 e. The van der Waals surface area contributed by atoms with Gasteiger partial charge in [0.05, 0.1) is 5.69 Å². The highest BCUT2D eigenvalue weighted by Crippen LogP contribution is 2.07. The molecular weight excluding hydrogens is 150 g/mol. The number of nitrogens with two attached hydrogens (primary N) is 1. The van der Waals surface area contributed by atoms with Gasteiger partial charge in [-0.15, -0.1) is 0 Å². The highest BCUT2D eigenvalue weighted by molar-refractivity contribution is 5.10. The normalized spacial score (nSPS) is 13.3. The lowest BCUT2D eigenvalue weighted by molar-refractivity contribution is 0.576. The lowest BCUT2D eigenvalue weighted by Crippen LogP contribution is -2.13. The quantitative estimate of drug-likeness (QED) is 0.710. The molecule has 0 spiro atoms. The van der Waals surface area contributed by atoms with E-state index in [1.807, 2.05) is 13.8 Å². The number of aromatic nitrogens is 2. The number of aryl methyl sites for hydroxylation is 2. The van der Waals surface area contributed by atoms with Crippen molar-refractivity contribution in [2.45, 2.75) is 27.2 Å². The molecule has 3 heteroatoms. The summed E-state index contributed by atoms with van der Waals surface area (Å²) in [6.45, 7) is 6.91. The number of aromatic amines is 1. The molecule has 0 saturated carbocycles. The topological polar surface area (TPSA) is 54.7 Å². The molecule has 68 valence electrons. The van der Waals surface area contributed by atoms with Crippen molar-refractivity contribution >= 4 is 0 Å². The second kappa shape index (κ2) is 3.72. The fourth-order valence-electron chi connectivity index (χ4n) is 1.13. The predicted octanol–water partition coefficient (Wildman–Crippen LogP) is 1.16. The molecule has 3 N–H and O–H groups in total. The third kappa shape index (κ3) is 2.08. The second-order valence-corrected chi connectivity index (χ2v) is 3.44. The Morgan fingerprint density at radius 2 is 2.17 bits per heavy atom. The van der Waals surface area contributed by atoms with E-state index in [9.17, 15) is 0 Å². The Balaban J connectivity index is 2.64.